The van der Waals surface area contributed by atoms with Crippen molar-refractivity contribution in [3.8, 4) is 11.5 Å². The molecule has 2 N–H and O–H groups in total. The fraction of sp³-hybridized carbons (Fsp3) is 0.650. The first-order valence-electron chi connectivity index (χ1n) is 9.72. The summed E-state index contributed by atoms with van der Waals surface area (Å²) in [5.74, 6) is 2.45. The van der Waals surface area contributed by atoms with E-state index in [2.05, 4.69) is 22.5 Å². The van der Waals surface area contributed by atoms with E-state index in [0.29, 0.717) is 30.7 Å². The van der Waals surface area contributed by atoms with E-state index in [-0.39, 0.29) is 6.10 Å². The molecule has 1 aromatic rings. The van der Waals surface area contributed by atoms with Gasteiger partial charge in [0.25, 0.3) is 0 Å². The molecule has 3 aliphatic rings. The number of aliphatic imine (C=N–C) groups is 1. The molecule has 0 aromatic heterocycles. The van der Waals surface area contributed by atoms with Gasteiger partial charge in [-0.15, -0.1) is 0 Å². The number of fused-ring (bicyclic) bond motifs is 1. The lowest BCUT2D eigenvalue weighted by Crippen LogP contribution is -2.68. The highest BCUT2D eigenvalue weighted by molar-refractivity contribution is 5.80. The number of rotatable bonds is 5. The summed E-state index contributed by atoms with van der Waals surface area (Å²) in [5, 5.41) is 7.00. The van der Waals surface area contributed by atoms with Crippen LogP contribution in [0.5, 0.6) is 11.5 Å². The van der Waals surface area contributed by atoms with Crippen LogP contribution in [0.25, 0.3) is 0 Å². The van der Waals surface area contributed by atoms with Gasteiger partial charge in [-0.3, -0.25) is 4.99 Å². The normalized spacial score (nSPS) is 28.8. The molecule has 2 fully saturated rings. The second kappa shape index (κ2) is 7.35. The third-order valence-electron chi connectivity index (χ3n) is 6.04. The van der Waals surface area contributed by atoms with E-state index in [1.165, 1.54) is 19.3 Å². The topological polar surface area (TPSA) is 64.1 Å². The molecule has 0 bridgehead atoms. The van der Waals surface area contributed by atoms with Crippen molar-refractivity contribution in [1.29, 1.82) is 0 Å². The quantitative estimate of drug-likeness (QED) is 0.624. The lowest BCUT2D eigenvalue weighted by molar-refractivity contribution is -0.168. The van der Waals surface area contributed by atoms with Gasteiger partial charge in [0.05, 0.1) is 12.6 Å². The number of guanidine groups is 1. The van der Waals surface area contributed by atoms with Crippen molar-refractivity contribution < 1.29 is 14.2 Å². The van der Waals surface area contributed by atoms with Gasteiger partial charge >= 0.3 is 0 Å². The van der Waals surface area contributed by atoms with Gasteiger partial charge in [-0.05, 0) is 38.3 Å². The van der Waals surface area contributed by atoms with Crippen molar-refractivity contribution in [2.24, 2.45) is 10.4 Å². The summed E-state index contributed by atoms with van der Waals surface area (Å²) in [5.41, 5.74) is 0.316. The van der Waals surface area contributed by atoms with Crippen molar-refractivity contribution in [1.82, 2.24) is 10.6 Å². The monoisotopic (exact) mass is 359 g/mol. The van der Waals surface area contributed by atoms with Crippen LogP contribution >= 0.6 is 0 Å². The Bertz CT molecular complexity index is 659. The van der Waals surface area contributed by atoms with Crippen LogP contribution in [0.3, 0.4) is 0 Å². The summed E-state index contributed by atoms with van der Waals surface area (Å²) < 4.78 is 17.7. The molecule has 2 aliphatic carbocycles. The van der Waals surface area contributed by atoms with E-state index in [0.717, 1.165) is 30.5 Å². The van der Waals surface area contributed by atoms with Crippen LogP contribution < -0.4 is 20.1 Å². The predicted octanol–water partition coefficient (Wildman–Crippen LogP) is 2.34. The molecule has 0 amide bonds. The van der Waals surface area contributed by atoms with Crippen LogP contribution in [0.2, 0.25) is 0 Å². The third-order valence-corrected chi connectivity index (χ3v) is 6.04. The van der Waals surface area contributed by atoms with E-state index in [9.17, 15) is 0 Å². The maximum atomic E-state index is 6.00. The zero-order valence-corrected chi connectivity index (χ0v) is 15.7. The second-order valence-corrected chi connectivity index (χ2v) is 7.41. The van der Waals surface area contributed by atoms with Crippen molar-refractivity contribution >= 4 is 5.96 Å². The first-order chi connectivity index (χ1) is 12.7. The minimum Gasteiger partial charge on any atom is -0.486 e. The first-order valence-corrected chi connectivity index (χ1v) is 9.72. The third kappa shape index (κ3) is 3.11. The van der Waals surface area contributed by atoms with E-state index < -0.39 is 0 Å². The number of para-hydroxylation sites is 2. The van der Waals surface area contributed by atoms with Gasteiger partial charge < -0.3 is 24.8 Å². The van der Waals surface area contributed by atoms with E-state index in [4.69, 9.17) is 14.2 Å². The largest absolute Gasteiger partial charge is 0.486 e. The highest BCUT2D eigenvalue weighted by Gasteiger charge is 2.59. The molecule has 6 heteroatoms. The van der Waals surface area contributed by atoms with Gasteiger partial charge in [-0.2, -0.15) is 0 Å². The molecule has 26 heavy (non-hydrogen) atoms. The van der Waals surface area contributed by atoms with Crippen LogP contribution in [-0.2, 0) is 4.74 Å². The summed E-state index contributed by atoms with van der Waals surface area (Å²) >= 11 is 0. The Hall–Kier alpha value is -1.95. The highest BCUT2D eigenvalue weighted by atomic mass is 16.6. The number of hydrogen-bond donors (Lipinski definition) is 2. The van der Waals surface area contributed by atoms with Gasteiger partial charge in [0.2, 0.25) is 0 Å². The Kier molecular flexibility index (Phi) is 4.94. The van der Waals surface area contributed by atoms with Crippen LogP contribution in [0.1, 0.15) is 32.6 Å². The molecule has 6 nitrogen and oxygen atoms in total. The van der Waals surface area contributed by atoms with E-state index in [1.54, 1.807) is 0 Å². The van der Waals surface area contributed by atoms with Gasteiger partial charge in [0.1, 0.15) is 12.7 Å². The van der Waals surface area contributed by atoms with Gasteiger partial charge in [-0.1, -0.05) is 18.6 Å². The van der Waals surface area contributed by atoms with E-state index in [1.807, 2.05) is 31.3 Å². The van der Waals surface area contributed by atoms with Crippen molar-refractivity contribution in [2.75, 3.05) is 26.8 Å². The highest BCUT2D eigenvalue weighted by Crippen LogP contribution is 2.57. The maximum absolute atomic E-state index is 6.00. The van der Waals surface area contributed by atoms with Gasteiger partial charge in [-0.25, -0.2) is 0 Å². The van der Waals surface area contributed by atoms with Gasteiger partial charge in [0, 0.05) is 25.1 Å². The fourth-order valence-corrected chi connectivity index (χ4v) is 4.37. The Morgan fingerprint density at radius 2 is 2.12 bits per heavy atom. The Morgan fingerprint density at radius 1 is 1.31 bits per heavy atom. The van der Waals surface area contributed by atoms with Crippen LogP contribution in [0, 0.1) is 5.41 Å². The average molecular weight is 359 g/mol. The van der Waals surface area contributed by atoms with E-state index >= 15 is 0 Å². The molecule has 1 aliphatic heterocycles. The molecule has 1 spiro atoms. The molecule has 2 saturated carbocycles. The number of ether oxygens (including phenoxy) is 3. The maximum Gasteiger partial charge on any atom is 0.191 e. The number of benzene rings is 1. The summed E-state index contributed by atoms with van der Waals surface area (Å²) in [6.07, 6.45) is 5.25. The lowest BCUT2D eigenvalue weighted by Gasteiger charge is -2.61. The van der Waals surface area contributed by atoms with Gasteiger partial charge in [0.15, 0.2) is 17.5 Å². The number of hydrogen-bond acceptors (Lipinski definition) is 4. The average Bonchev–Trinajstić information content (AvgIpc) is 2.62. The predicted molar refractivity (Wildman–Crippen MR) is 101 cm³/mol. The molecule has 0 saturated heterocycles. The molecular weight excluding hydrogens is 330 g/mol. The zero-order chi connectivity index (χ0) is 18.0. The summed E-state index contributed by atoms with van der Waals surface area (Å²) in [7, 11) is 1.81. The van der Waals surface area contributed by atoms with Crippen molar-refractivity contribution in [3.05, 3.63) is 24.3 Å². The SMILES string of the molecule is CCOC1CC(NC(=NC)NCC2COc3ccccc3O2)C12CCC2. The summed E-state index contributed by atoms with van der Waals surface area (Å²) in [6.45, 7) is 4.08. The second-order valence-electron chi connectivity index (χ2n) is 7.41. The van der Waals surface area contributed by atoms with Crippen molar-refractivity contribution in [3.63, 3.8) is 0 Å². The minimum atomic E-state index is -0.0290. The minimum absolute atomic E-state index is 0.0290. The molecule has 4 rings (SSSR count). The summed E-state index contributed by atoms with van der Waals surface area (Å²) in [4.78, 5) is 4.39. The fourth-order valence-electron chi connectivity index (χ4n) is 4.37. The van der Waals surface area contributed by atoms with Crippen LogP contribution in [0.4, 0.5) is 0 Å². The smallest absolute Gasteiger partial charge is 0.191 e. The number of nitrogens with one attached hydrogen (secondary N) is 2. The summed E-state index contributed by atoms with van der Waals surface area (Å²) in [6, 6.07) is 8.24. The molecule has 1 heterocycles. The first kappa shape index (κ1) is 17.5. The molecule has 3 unspecified atom stereocenters. The van der Waals surface area contributed by atoms with Crippen LogP contribution in [0.15, 0.2) is 29.3 Å². The molecular formula is C20H29N3O3. The Balaban J connectivity index is 1.28. The molecule has 142 valence electrons. The van der Waals surface area contributed by atoms with Crippen molar-refractivity contribution in [2.45, 2.75) is 50.9 Å². The molecule has 3 atom stereocenters. The standard InChI is InChI=1S/C20H29N3O3/c1-3-24-18-11-17(20(18)9-6-10-20)23-19(21-2)22-12-14-13-25-15-7-4-5-8-16(15)26-14/h4-5,7-8,14,17-18H,3,6,9-13H2,1-2H3,(H2,21,22,23). The zero-order valence-electron chi connectivity index (χ0n) is 15.7. The number of nitrogens with zero attached hydrogens (tertiary/aromatic N) is 1. The molecule has 0 radical (unpaired) electrons. The lowest BCUT2D eigenvalue weighted by atomic mass is 9.51. The Labute approximate surface area is 155 Å². The molecule has 1 aromatic carbocycles. The Morgan fingerprint density at radius 3 is 2.81 bits per heavy atom. The van der Waals surface area contributed by atoms with Crippen LogP contribution in [-0.4, -0.2) is 51.0 Å².